The Hall–Kier alpha value is -2.85. The number of aryl methyl sites for hydroxylation is 1. The highest BCUT2D eigenvalue weighted by atomic mass is 19.1. The number of rotatable bonds is 10. The molecule has 1 unspecified atom stereocenters. The molecule has 0 aliphatic rings. The van der Waals surface area contributed by atoms with E-state index in [1.165, 1.54) is 32.2 Å². The summed E-state index contributed by atoms with van der Waals surface area (Å²) in [5, 5.41) is 23.0. The van der Waals surface area contributed by atoms with E-state index in [2.05, 4.69) is 26.0 Å². The van der Waals surface area contributed by atoms with E-state index in [4.69, 9.17) is 0 Å². The Kier molecular flexibility index (Phi) is 7.18. The van der Waals surface area contributed by atoms with Gasteiger partial charge < -0.3 is 21.1 Å². The van der Waals surface area contributed by atoms with Crippen molar-refractivity contribution in [3.8, 4) is 0 Å². The highest BCUT2D eigenvalue weighted by Gasteiger charge is 2.26. The van der Waals surface area contributed by atoms with Crippen molar-refractivity contribution < 1.29 is 18.3 Å². The van der Waals surface area contributed by atoms with Crippen LogP contribution in [0.15, 0.2) is 30.6 Å². The zero-order valence-corrected chi connectivity index (χ0v) is 19.5. The minimum Gasteiger partial charge on any atom is -0.387 e. The molecular weight excluding hydrogens is 433 g/mol. The zero-order chi connectivity index (χ0) is 24.4. The molecule has 1 atom stereocenters. The summed E-state index contributed by atoms with van der Waals surface area (Å²) in [7, 11) is 0. The minimum absolute atomic E-state index is 0.0477. The summed E-state index contributed by atoms with van der Waals surface area (Å²) in [5.74, 6) is 0.0801. The molecule has 0 fully saturated rings. The first kappa shape index (κ1) is 24.8. The Bertz CT molecular complexity index is 1100. The molecule has 0 saturated carbocycles. The van der Waals surface area contributed by atoms with Crippen molar-refractivity contribution in [2.75, 3.05) is 23.7 Å². The molecule has 0 bridgehead atoms. The average molecular weight is 465 g/mol. The van der Waals surface area contributed by atoms with Crippen LogP contribution in [0.5, 0.6) is 0 Å². The van der Waals surface area contributed by atoms with Gasteiger partial charge in [0.25, 0.3) is 0 Å². The maximum absolute atomic E-state index is 14.2. The van der Waals surface area contributed by atoms with Gasteiger partial charge in [-0.25, -0.2) is 22.7 Å². The minimum atomic E-state index is -1.45. The molecule has 0 saturated heterocycles. The fourth-order valence-corrected chi connectivity index (χ4v) is 3.11. The first-order valence-electron chi connectivity index (χ1n) is 10.7. The molecule has 3 aromatic heterocycles. The second-order valence-electron chi connectivity index (χ2n) is 9.32. The molecule has 0 spiro atoms. The molecular formula is C23H31F3N6O. The molecule has 0 aliphatic heterocycles. The Morgan fingerprint density at radius 3 is 2.61 bits per heavy atom. The van der Waals surface area contributed by atoms with Gasteiger partial charge >= 0.3 is 0 Å². The van der Waals surface area contributed by atoms with Crippen molar-refractivity contribution in [2.24, 2.45) is 0 Å². The third-order valence-electron chi connectivity index (χ3n) is 5.10. The van der Waals surface area contributed by atoms with Crippen molar-refractivity contribution in [1.29, 1.82) is 0 Å². The molecule has 0 radical (unpaired) electrons. The fraction of sp³-hybridized carbons (Fsp3) is 0.478. The lowest BCUT2D eigenvalue weighted by atomic mass is 10.0. The summed E-state index contributed by atoms with van der Waals surface area (Å²) < 4.78 is 43.8. The van der Waals surface area contributed by atoms with Crippen LogP contribution < -0.4 is 16.0 Å². The van der Waals surface area contributed by atoms with Gasteiger partial charge in [-0.05, 0) is 46.8 Å². The first-order valence-corrected chi connectivity index (χ1v) is 10.7. The van der Waals surface area contributed by atoms with Crippen LogP contribution in [0.2, 0.25) is 0 Å². The Labute approximate surface area is 191 Å². The van der Waals surface area contributed by atoms with Gasteiger partial charge in [-0.3, -0.25) is 0 Å². The topological polar surface area (TPSA) is 86.5 Å². The van der Waals surface area contributed by atoms with Gasteiger partial charge in [-0.1, -0.05) is 0 Å². The predicted molar refractivity (Wildman–Crippen MR) is 124 cm³/mol. The number of anilines is 3. The number of hydrogen-bond donors (Lipinski definition) is 4. The lowest BCUT2D eigenvalue weighted by molar-refractivity contribution is -0.00239. The maximum atomic E-state index is 14.2. The second-order valence-corrected chi connectivity index (χ2v) is 9.32. The van der Waals surface area contributed by atoms with Crippen molar-refractivity contribution in [1.82, 2.24) is 19.9 Å². The van der Waals surface area contributed by atoms with Crippen LogP contribution in [0.25, 0.3) is 5.52 Å². The summed E-state index contributed by atoms with van der Waals surface area (Å²) in [6.07, 6.45) is 1.80. The highest BCUT2D eigenvalue weighted by Crippen LogP contribution is 2.25. The molecule has 0 aliphatic carbocycles. The number of aromatic nitrogens is 3. The van der Waals surface area contributed by atoms with Crippen LogP contribution in [0, 0.1) is 12.7 Å². The quantitative estimate of drug-likeness (QED) is 0.358. The van der Waals surface area contributed by atoms with E-state index in [0.29, 0.717) is 34.0 Å². The van der Waals surface area contributed by atoms with Crippen molar-refractivity contribution in [3.05, 3.63) is 47.7 Å². The van der Waals surface area contributed by atoms with Gasteiger partial charge in [0.2, 0.25) is 0 Å². The van der Waals surface area contributed by atoms with E-state index >= 15 is 0 Å². The van der Waals surface area contributed by atoms with Crippen LogP contribution in [-0.2, 0) is 6.54 Å². The predicted octanol–water partition coefficient (Wildman–Crippen LogP) is 4.28. The second kappa shape index (κ2) is 9.56. The molecule has 7 nitrogen and oxygen atoms in total. The normalized spacial score (nSPS) is 13.4. The Morgan fingerprint density at radius 1 is 1.21 bits per heavy atom. The van der Waals surface area contributed by atoms with Crippen LogP contribution in [0.1, 0.15) is 39.0 Å². The average Bonchev–Trinajstić information content (AvgIpc) is 3.00. The van der Waals surface area contributed by atoms with Crippen molar-refractivity contribution >= 4 is 22.7 Å². The first-order chi connectivity index (χ1) is 15.3. The fourth-order valence-electron chi connectivity index (χ4n) is 3.11. The highest BCUT2D eigenvalue weighted by molar-refractivity contribution is 5.67. The SMILES string of the molecule is Cc1nn2ccc(Nc3cc(NCC(C)(C)F)c(CNCC(F)C(C)(C)O)cn3)cc2c1F. The van der Waals surface area contributed by atoms with Gasteiger partial charge in [-0.15, -0.1) is 0 Å². The van der Waals surface area contributed by atoms with Gasteiger partial charge in [0.1, 0.15) is 23.2 Å². The van der Waals surface area contributed by atoms with Gasteiger partial charge in [0, 0.05) is 55.0 Å². The third-order valence-corrected chi connectivity index (χ3v) is 5.10. The van der Waals surface area contributed by atoms with E-state index < -0.39 is 23.3 Å². The largest absolute Gasteiger partial charge is 0.387 e. The van der Waals surface area contributed by atoms with E-state index in [0.717, 1.165) is 0 Å². The molecule has 3 aromatic rings. The molecule has 4 N–H and O–H groups in total. The number of aliphatic hydroxyl groups is 1. The van der Waals surface area contributed by atoms with Crippen LogP contribution in [-0.4, -0.2) is 50.2 Å². The molecule has 180 valence electrons. The van der Waals surface area contributed by atoms with Crippen molar-refractivity contribution in [3.63, 3.8) is 0 Å². The lowest BCUT2D eigenvalue weighted by Gasteiger charge is -2.23. The summed E-state index contributed by atoms with van der Waals surface area (Å²) >= 11 is 0. The number of hydrogen-bond acceptors (Lipinski definition) is 6. The van der Waals surface area contributed by atoms with E-state index in [9.17, 15) is 18.3 Å². The van der Waals surface area contributed by atoms with Crippen LogP contribution >= 0.6 is 0 Å². The van der Waals surface area contributed by atoms with Gasteiger partial charge in [0.05, 0.1) is 11.3 Å². The molecule has 0 aromatic carbocycles. The molecule has 0 amide bonds. The number of alkyl halides is 2. The lowest BCUT2D eigenvalue weighted by Crippen LogP contribution is -2.40. The van der Waals surface area contributed by atoms with Crippen LogP contribution in [0.4, 0.5) is 30.4 Å². The number of nitrogens with one attached hydrogen (secondary N) is 3. The summed E-state index contributed by atoms with van der Waals surface area (Å²) in [4.78, 5) is 4.39. The maximum Gasteiger partial charge on any atom is 0.171 e. The number of nitrogens with zero attached hydrogens (tertiary/aromatic N) is 3. The summed E-state index contributed by atoms with van der Waals surface area (Å²) in [6.45, 7) is 7.63. The van der Waals surface area contributed by atoms with Crippen molar-refractivity contribution in [2.45, 2.75) is 58.6 Å². The summed E-state index contributed by atoms with van der Waals surface area (Å²) in [5.41, 5.74) is -0.313. The number of halogens is 3. The van der Waals surface area contributed by atoms with Gasteiger partial charge in [0.15, 0.2) is 5.82 Å². The van der Waals surface area contributed by atoms with Crippen LogP contribution in [0.3, 0.4) is 0 Å². The smallest absolute Gasteiger partial charge is 0.171 e. The zero-order valence-electron chi connectivity index (χ0n) is 19.5. The van der Waals surface area contributed by atoms with E-state index in [1.807, 2.05) is 0 Å². The summed E-state index contributed by atoms with van der Waals surface area (Å²) in [6, 6.07) is 5.09. The number of pyridine rings is 2. The molecule has 3 heterocycles. The van der Waals surface area contributed by atoms with E-state index in [-0.39, 0.29) is 19.6 Å². The Balaban J connectivity index is 1.79. The van der Waals surface area contributed by atoms with Gasteiger partial charge in [-0.2, -0.15) is 5.10 Å². The number of fused-ring (bicyclic) bond motifs is 1. The molecule has 10 heteroatoms. The molecule has 3 rings (SSSR count). The standard InChI is InChI=1S/C23H31F3N6O/c1-14-21(25)18-8-16(6-7-32(18)31-14)30-20-9-17(29-13-22(2,3)26)15(11-28-20)10-27-12-19(24)23(4,5)33/h6-9,11,19,27,33H,10,12-13H2,1-5H3,(H2,28,29,30). The van der Waals surface area contributed by atoms with E-state index in [1.54, 1.807) is 37.5 Å². The third kappa shape index (κ3) is 6.58. The monoisotopic (exact) mass is 464 g/mol. The Morgan fingerprint density at radius 2 is 1.94 bits per heavy atom. The molecule has 33 heavy (non-hydrogen) atoms.